The van der Waals surface area contributed by atoms with Crippen molar-refractivity contribution in [1.29, 1.82) is 0 Å². The first-order valence-corrected chi connectivity index (χ1v) is 9.34. The van der Waals surface area contributed by atoms with Crippen LogP contribution in [0, 0.1) is 0 Å². The van der Waals surface area contributed by atoms with Crippen LogP contribution < -0.4 is 10.1 Å². The van der Waals surface area contributed by atoms with E-state index in [4.69, 9.17) is 16.3 Å². The predicted molar refractivity (Wildman–Crippen MR) is 114 cm³/mol. The van der Waals surface area contributed by atoms with E-state index in [-0.39, 0.29) is 0 Å². The van der Waals surface area contributed by atoms with Crippen molar-refractivity contribution in [2.45, 2.75) is 13.2 Å². The number of fused-ring (bicyclic) bond motifs is 1. The van der Waals surface area contributed by atoms with E-state index in [0.717, 1.165) is 27.6 Å². The molecule has 0 aliphatic rings. The second kappa shape index (κ2) is 8.15. The third-order valence-corrected chi connectivity index (χ3v) is 4.79. The highest BCUT2D eigenvalue weighted by atomic mass is 35.5. The van der Waals surface area contributed by atoms with Gasteiger partial charge in [0.1, 0.15) is 12.4 Å². The topological polar surface area (TPSA) is 21.3 Å². The molecule has 0 aliphatic carbocycles. The van der Waals surface area contributed by atoms with Crippen molar-refractivity contribution in [1.82, 2.24) is 0 Å². The van der Waals surface area contributed by atoms with Crippen LogP contribution in [-0.4, -0.2) is 0 Å². The van der Waals surface area contributed by atoms with E-state index in [0.29, 0.717) is 13.2 Å². The summed E-state index contributed by atoms with van der Waals surface area (Å²) in [5.74, 6) is 0.889. The molecule has 0 atom stereocenters. The minimum atomic E-state index is 0.516. The number of hydrogen-bond donors (Lipinski definition) is 1. The number of ether oxygens (including phenoxy) is 1. The van der Waals surface area contributed by atoms with Gasteiger partial charge in [0.05, 0.1) is 0 Å². The van der Waals surface area contributed by atoms with E-state index in [1.807, 2.05) is 42.5 Å². The fourth-order valence-electron chi connectivity index (χ4n) is 3.10. The van der Waals surface area contributed by atoms with Gasteiger partial charge in [-0.1, -0.05) is 78.3 Å². The molecule has 2 nitrogen and oxygen atoms in total. The van der Waals surface area contributed by atoms with Crippen molar-refractivity contribution in [2.75, 3.05) is 5.32 Å². The highest BCUT2D eigenvalue weighted by Gasteiger charge is 2.05. The largest absolute Gasteiger partial charge is 0.489 e. The molecule has 4 rings (SSSR count). The molecule has 27 heavy (non-hydrogen) atoms. The second-order valence-electron chi connectivity index (χ2n) is 6.40. The van der Waals surface area contributed by atoms with Crippen molar-refractivity contribution in [3.8, 4) is 5.75 Å². The van der Waals surface area contributed by atoms with Crippen LogP contribution in [0.2, 0.25) is 5.02 Å². The molecule has 3 heteroatoms. The lowest BCUT2D eigenvalue weighted by Gasteiger charge is -2.14. The monoisotopic (exact) mass is 373 g/mol. The number of rotatable bonds is 6. The summed E-state index contributed by atoms with van der Waals surface area (Å²) in [4.78, 5) is 0. The molecule has 0 spiro atoms. The summed E-state index contributed by atoms with van der Waals surface area (Å²) in [5, 5.41) is 6.74. The van der Waals surface area contributed by atoms with E-state index in [1.165, 1.54) is 10.8 Å². The van der Waals surface area contributed by atoms with Crippen LogP contribution >= 0.6 is 11.6 Å². The molecule has 0 aromatic heterocycles. The maximum atomic E-state index is 6.06. The van der Waals surface area contributed by atoms with Crippen molar-refractivity contribution in [2.24, 2.45) is 0 Å². The van der Waals surface area contributed by atoms with Gasteiger partial charge in [-0.2, -0.15) is 0 Å². The number of para-hydroxylation sites is 1. The van der Waals surface area contributed by atoms with Crippen LogP contribution in [0.15, 0.2) is 91.0 Å². The molecule has 1 N–H and O–H groups in total. The van der Waals surface area contributed by atoms with Gasteiger partial charge in [0.25, 0.3) is 0 Å². The third kappa shape index (κ3) is 4.24. The Morgan fingerprint density at radius 2 is 1.48 bits per heavy atom. The fraction of sp³-hybridized carbons (Fsp3) is 0.0833. The molecule has 0 saturated carbocycles. The normalized spacial score (nSPS) is 10.7. The van der Waals surface area contributed by atoms with Crippen molar-refractivity contribution >= 4 is 28.1 Å². The standard InChI is InChI=1S/C24H20ClNO/c25-21-14-12-18(13-15-21)17-27-24-11-4-2-7-20(24)16-26-23-10-5-8-19-6-1-3-9-22(19)23/h1-15,26H,16-17H2. The van der Waals surface area contributed by atoms with Gasteiger partial charge in [-0.25, -0.2) is 0 Å². The van der Waals surface area contributed by atoms with Crippen LogP contribution in [0.1, 0.15) is 11.1 Å². The summed E-state index contributed by atoms with van der Waals surface area (Å²) in [7, 11) is 0. The Kier molecular flexibility index (Phi) is 5.27. The zero-order valence-electron chi connectivity index (χ0n) is 14.9. The molecule has 0 saturated heterocycles. The van der Waals surface area contributed by atoms with Crippen LogP contribution in [0.25, 0.3) is 10.8 Å². The van der Waals surface area contributed by atoms with E-state index >= 15 is 0 Å². The number of halogens is 1. The first kappa shape index (κ1) is 17.4. The third-order valence-electron chi connectivity index (χ3n) is 4.54. The molecule has 134 valence electrons. The minimum Gasteiger partial charge on any atom is -0.489 e. The minimum absolute atomic E-state index is 0.516. The molecule has 0 bridgehead atoms. The van der Waals surface area contributed by atoms with E-state index in [9.17, 15) is 0 Å². The maximum Gasteiger partial charge on any atom is 0.124 e. The smallest absolute Gasteiger partial charge is 0.124 e. The summed E-state index contributed by atoms with van der Waals surface area (Å²) in [6, 6.07) is 30.6. The molecule has 0 radical (unpaired) electrons. The van der Waals surface area contributed by atoms with Crippen molar-refractivity contribution in [3.05, 3.63) is 107 Å². The van der Waals surface area contributed by atoms with Crippen LogP contribution in [-0.2, 0) is 13.2 Å². The Bertz CT molecular complexity index is 1040. The predicted octanol–water partition coefficient (Wildman–Crippen LogP) is 6.68. The maximum absolute atomic E-state index is 6.06. The molecule has 4 aromatic rings. The molecule has 0 aliphatic heterocycles. The van der Waals surface area contributed by atoms with E-state index in [1.54, 1.807) is 0 Å². The Hall–Kier alpha value is -2.97. The van der Waals surface area contributed by atoms with Gasteiger partial charge in [0.2, 0.25) is 0 Å². The highest BCUT2D eigenvalue weighted by Crippen LogP contribution is 2.25. The van der Waals surface area contributed by atoms with E-state index in [2.05, 4.69) is 53.8 Å². The van der Waals surface area contributed by atoms with E-state index < -0.39 is 0 Å². The van der Waals surface area contributed by atoms with Gasteiger partial charge in [0, 0.05) is 28.2 Å². The summed E-state index contributed by atoms with van der Waals surface area (Å²) in [6.45, 7) is 1.22. The Morgan fingerprint density at radius 3 is 2.37 bits per heavy atom. The van der Waals surface area contributed by atoms with Crippen LogP contribution in [0.5, 0.6) is 5.75 Å². The molecule has 0 amide bonds. The SMILES string of the molecule is Clc1ccc(COc2ccccc2CNc2cccc3ccccc23)cc1. The lowest BCUT2D eigenvalue weighted by Crippen LogP contribution is -2.04. The highest BCUT2D eigenvalue weighted by molar-refractivity contribution is 6.30. The summed E-state index contributed by atoms with van der Waals surface area (Å²) in [6.07, 6.45) is 0. The van der Waals surface area contributed by atoms with Crippen LogP contribution in [0.4, 0.5) is 5.69 Å². The lowest BCUT2D eigenvalue weighted by atomic mass is 10.1. The number of hydrogen-bond acceptors (Lipinski definition) is 2. The fourth-order valence-corrected chi connectivity index (χ4v) is 3.23. The molecular formula is C24H20ClNO. The molecule has 0 heterocycles. The van der Waals surface area contributed by atoms with Gasteiger partial charge < -0.3 is 10.1 Å². The second-order valence-corrected chi connectivity index (χ2v) is 6.84. The average Bonchev–Trinajstić information content (AvgIpc) is 2.72. The summed E-state index contributed by atoms with van der Waals surface area (Å²) < 4.78 is 6.06. The Balaban J connectivity index is 1.48. The number of anilines is 1. The number of benzene rings is 4. The first-order chi connectivity index (χ1) is 13.3. The quantitative estimate of drug-likeness (QED) is 0.406. The zero-order chi connectivity index (χ0) is 18.5. The molecule has 0 fully saturated rings. The Morgan fingerprint density at radius 1 is 0.741 bits per heavy atom. The first-order valence-electron chi connectivity index (χ1n) is 8.96. The molecule has 0 unspecified atom stereocenters. The van der Waals surface area contributed by atoms with Gasteiger partial charge in [-0.05, 0) is 35.2 Å². The molecular weight excluding hydrogens is 354 g/mol. The average molecular weight is 374 g/mol. The molecule has 4 aromatic carbocycles. The van der Waals surface area contributed by atoms with Gasteiger partial charge in [-0.3, -0.25) is 0 Å². The van der Waals surface area contributed by atoms with Gasteiger partial charge in [-0.15, -0.1) is 0 Å². The number of nitrogens with one attached hydrogen (secondary N) is 1. The lowest BCUT2D eigenvalue weighted by molar-refractivity contribution is 0.303. The van der Waals surface area contributed by atoms with Crippen LogP contribution in [0.3, 0.4) is 0 Å². The Labute approximate surface area is 164 Å². The van der Waals surface area contributed by atoms with Crippen molar-refractivity contribution < 1.29 is 4.74 Å². The summed E-state index contributed by atoms with van der Waals surface area (Å²) >= 11 is 5.95. The van der Waals surface area contributed by atoms with Gasteiger partial charge >= 0.3 is 0 Å². The zero-order valence-corrected chi connectivity index (χ0v) is 15.6. The summed E-state index contributed by atoms with van der Waals surface area (Å²) in [5.41, 5.74) is 3.34. The van der Waals surface area contributed by atoms with Crippen molar-refractivity contribution in [3.63, 3.8) is 0 Å². The van der Waals surface area contributed by atoms with Gasteiger partial charge in [0.15, 0.2) is 0 Å².